The highest BCUT2D eigenvalue weighted by molar-refractivity contribution is 5.43. The molecule has 6 rings (SSSR count). The van der Waals surface area contributed by atoms with E-state index in [1.54, 1.807) is 11.1 Å². The van der Waals surface area contributed by atoms with Crippen molar-refractivity contribution in [2.24, 2.45) is 64.1 Å². The van der Waals surface area contributed by atoms with Gasteiger partial charge in [-0.25, -0.2) is 0 Å². The molecule has 0 heteroatoms. The van der Waals surface area contributed by atoms with Crippen LogP contribution in [0.5, 0.6) is 0 Å². The first-order chi connectivity index (χ1) is 20.0. The molecule has 42 heavy (non-hydrogen) atoms. The van der Waals surface area contributed by atoms with Gasteiger partial charge in [-0.1, -0.05) is 108 Å². The lowest BCUT2D eigenvalue weighted by Gasteiger charge is -2.53. The summed E-state index contributed by atoms with van der Waals surface area (Å²) in [6, 6.07) is 24.1. The molecular weight excluding hydrogens is 504 g/mol. The van der Waals surface area contributed by atoms with E-state index in [9.17, 15) is 0 Å². The van der Waals surface area contributed by atoms with Crippen LogP contribution in [0.3, 0.4) is 0 Å². The van der Waals surface area contributed by atoms with Gasteiger partial charge < -0.3 is 0 Å². The third kappa shape index (κ3) is 5.26. The van der Waals surface area contributed by atoms with Crippen LogP contribution < -0.4 is 0 Å². The van der Waals surface area contributed by atoms with Gasteiger partial charge in [-0.15, -0.1) is 6.58 Å². The third-order valence-electron chi connectivity index (χ3n) is 13.5. The SMILES string of the molecule is C=CCC1CCC(C(c2ccccc2)(c2ccccc2)C2C3CC(C(C)(C)C)CCC3C3CCC(C(C)(C)C)CC32)C1. The van der Waals surface area contributed by atoms with E-state index < -0.39 is 0 Å². The lowest BCUT2D eigenvalue weighted by atomic mass is 9.50. The van der Waals surface area contributed by atoms with Gasteiger partial charge >= 0.3 is 0 Å². The van der Waals surface area contributed by atoms with Crippen molar-refractivity contribution in [2.45, 2.75) is 111 Å². The van der Waals surface area contributed by atoms with Crippen LogP contribution in [0.4, 0.5) is 0 Å². The summed E-state index contributed by atoms with van der Waals surface area (Å²) in [5, 5.41) is 0. The average molecular weight is 565 g/mol. The summed E-state index contributed by atoms with van der Waals surface area (Å²) in [6.45, 7) is 19.4. The predicted octanol–water partition coefficient (Wildman–Crippen LogP) is 11.8. The smallest absolute Gasteiger partial charge is 0.0264 e. The van der Waals surface area contributed by atoms with Crippen LogP contribution >= 0.6 is 0 Å². The Morgan fingerprint density at radius 1 is 0.571 bits per heavy atom. The molecule has 0 heterocycles. The quantitative estimate of drug-likeness (QED) is 0.306. The molecule has 4 aliphatic carbocycles. The summed E-state index contributed by atoms with van der Waals surface area (Å²) < 4.78 is 0. The van der Waals surface area contributed by atoms with E-state index in [0.717, 1.165) is 47.3 Å². The summed E-state index contributed by atoms with van der Waals surface area (Å²) in [5.74, 6) is 7.36. The van der Waals surface area contributed by atoms with Crippen molar-refractivity contribution >= 4 is 0 Å². The van der Waals surface area contributed by atoms with Crippen molar-refractivity contribution < 1.29 is 0 Å². The lowest BCUT2D eigenvalue weighted by Crippen LogP contribution is -2.49. The zero-order valence-electron chi connectivity index (χ0n) is 27.8. The van der Waals surface area contributed by atoms with Gasteiger partial charge in [0, 0.05) is 5.41 Å². The van der Waals surface area contributed by atoms with Crippen molar-refractivity contribution in [1.82, 2.24) is 0 Å². The molecule has 0 bridgehead atoms. The largest absolute Gasteiger partial charge is 0.103 e. The van der Waals surface area contributed by atoms with Gasteiger partial charge in [0.2, 0.25) is 0 Å². The molecule has 4 fully saturated rings. The van der Waals surface area contributed by atoms with Gasteiger partial charge in [0.05, 0.1) is 0 Å². The van der Waals surface area contributed by atoms with Gasteiger partial charge in [-0.2, -0.15) is 0 Å². The molecule has 8 atom stereocenters. The Morgan fingerprint density at radius 2 is 1.02 bits per heavy atom. The number of hydrogen-bond donors (Lipinski definition) is 0. The van der Waals surface area contributed by atoms with E-state index in [4.69, 9.17) is 0 Å². The van der Waals surface area contributed by atoms with Crippen molar-refractivity contribution in [3.8, 4) is 0 Å². The van der Waals surface area contributed by atoms with Crippen LogP contribution in [0, 0.1) is 64.1 Å². The molecule has 2 aromatic rings. The molecule has 0 aromatic heterocycles. The zero-order chi connectivity index (χ0) is 29.7. The Hall–Kier alpha value is -1.82. The van der Waals surface area contributed by atoms with Crippen LogP contribution in [-0.2, 0) is 5.41 Å². The van der Waals surface area contributed by atoms with Crippen molar-refractivity contribution in [3.05, 3.63) is 84.4 Å². The fraction of sp³-hybridized carbons (Fsp3) is 0.667. The Morgan fingerprint density at radius 3 is 1.45 bits per heavy atom. The van der Waals surface area contributed by atoms with E-state index in [2.05, 4.69) is 115 Å². The molecule has 0 nitrogen and oxygen atoms in total. The summed E-state index contributed by atoms with van der Waals surface area (Å²) in [7, 11) is 0. The molecule has 0 amide bonds. The molecule has 8 unspecified atom stereocenters. The third-order valence-corrected chi connectivity index (χ3v) is 13.5. The Bertz CT molecular complexity index is 1100. The van der Waals surface area contributed by atoms with E-state index in [-0.39, 0.29) is 5.41 Å². The zero-order valence-corrected chi connectivity index (χ0v) is 27.8. The minimum atomic E-state index is 0.0837. The van der Waals surface area contributed by atoms with E-state index in [1.807, 2.05) is 0 Å². The van der Waals surface area contributed by atoms with Gasteiger partial charge in [-0.05, 0) is 139 Å². The van der Waals surface area contributed by atoms with Crippen LogP contribution in [0.1, 0.15) is 117 Å². The maximum atomic E-state index is 4.18. The second-order valence-electron chi connectivity index (χ2n) is 17.4. The first kappa shape index (κ1) is 30.2. The number of fused-ring (bicyclic) bond motifs is 3. The van der Waals surface area contributed by atoms with Crippen molar-refractivity contribution in [1.29, 1.82) is 0 Å². The van der Waals surface area contributed by atoms with Gasteiger partial charge in [-0.3, -0.25) is 0 Å². The topological polar surface area (TPSA) is 0 Å². The van der Waals surface area contributed by atoms with Gasteiger partial charge in [0.1, 0.15) is 0 Å². The maximum absolute atomic E-state index is 4.18. The fourth-order valence-electron chi connectivity index (χ4n) is 11.6. The molecule has 0 aliphatic heterocycles. The molecule has 228 valence electrons. The number of allylic oxidation sites excluding steroid dienone is 1. The average Bonchev–Trinajstić information content (AvgIpc) is 3.57. The Labute approximate surface area is 259 Å². The molecular formula is C42H60. The van der Waals surface area contributed by atoms with E-state index in [1.165, 1.54) is 64.2 Å². The number of hydrogen-bond acceptors (Lipinski definition) is 0. The number of benzene rings is 2. The standard InChI is InChI=1S/C42H60/c1-8-15-29-20-21-34(26-29)42(30-16-11-9-12-17-30,31-18-13-10-14-19-31)39-37-27-32(40(2,3)4)22-24-35(37)36-25-23-33(28-38(36)39)41(5,6)7/h8-14,16-19,29,32-39H,1,15,20-28H2,2-7H3. The van der Waals surface area contributed by atoms with E-state index >= 15 is 0 Å². The Kier molecular flexibility index (Phi) is 8.34. The second kappa shape index (κ2) is 11.6. The summed E-state index contributed by atoms with van der Waals surface area (Å²) in [4.78, 5) is 0. The van der Waals surface area contributed by atoms with Crippen LogP contribution in [0.2, 0.25) is 0 Å². The number of rotatable bonds is 6. The van der Waals surface area contributed by atoms with Gasteiger partial charge in [0.15, 0.2) is 0 Å². The highest BCUT2D eigenvalue weighted by Gasteiger charge is 2.63. The molecule has 2 aromatic carbocycles. The van der Waals surface area contributed by atoms with Crippen LogP contribution in [-0.4, -0.2) is 0 Å². The fourth-order valence-corrected chi connectivity index (χ4v) is 11.6. The van der Waals surface area contributed by atoms with E-state index in [0.29, 0.717) is 16.7 Å². The first-order valence-electron chi connectivity index (χ1n) is 17.8. The minimum absolute atomic E-state index is 0.0837. The molecule has 4 aliphatic rings. The second-order valence-corrected chi connectivity index (χ2v) is 17.4. The summed E-state index contributed by atoms with van der Waals surface area (Å²) in [5.41, 5.74) is 4.12. The molecule has 4 saturated carbocycles. The molecule has 0 radical (unpaired) electrons. The first-order valence-corrected chi connectivity index (χ1v) is 17.8. The maximum Gasteiger partial charge on any atom is 0.0264 e. The highest BCUT2D eigenvalue weighted by atomic mass is 14.7. The van der Waals surface area contributed by atoms with Crippen LogP contribution in [0.25, 0.3) is 0 Å². The van der Waals surface area contributed by atoms with Gasteiger partial charge in [0.25, 0.3) is 0 Å². The lowest BCUT2D eigenvalue weighted by molar-refractivity contribution is 0.0421. The predicted molar refractivity (Wildman–Crippen MR) is 180 cm³/mol. The summed E-state index contributed by atoms with van der Waals surface area (Å²) in [6.07, 6.45) is 16.2. The summed E-state index contributed by atoms with van der Waals surface area (Å²) >= 11 is 0. The molecule has 0 N–H and O–H groups in total. The van der Waals surface area contributed by atoms with Crippen molar-refractivity contribution in [3.63, 3.8) is 0 Å². The monoisotopic (exact) mass is 564 g/mol. The van der Waals surface area contributed by atoms with Crippen LogP contribution in [0.15, 0.2) is 73.3 Å². The highest BCUT2D eigenvalue weighted by Crippen LogP contribution is 2.69. The Balaban J connectivity index is 1.57. The molecule has 0 saturated heterocycles. The molecule has 0 spiro atoms. The normalized spacial score (nSPS) is 35.4. The van der Waals surface area contributed by atoms with Crippen molar-refractivity contribution in [2.75, 3.05) is 0 Å². The minimum Gasteiger partial charge on any atom is -0.103 e.